The molecule has 0 aliphatic heterocycles. The second kappa shape index (κ2) is 6.69. The van der Waals surface area contributed by atoms with Crippen LogP contribution in [0.15, 0.2) is 24.3 Å². The van der Waals surface area contributed by atoms with Gasteiger partial charge in [0.25, 0.3) is 0 Å². The van der Waals surface area contributed by atoms with Gasteiger partial charge in [0, 0.05) is 17.6 Å². The first-order valence-electron chi connectivity index (χ1n) is 7.37. The summed E-state index contributed by atoms with van der Waals surface area (Å²) in [5.41, 5.74) is 0.981. The fraction of sp³-hybridized carbons (Fsp3) is 0.625. The summed E-state index contributed by atoms with van der Waals surface area (Å²) >= 11 is 0. The molecule has 1 aromatic rings. The molecule has 0 saturated heterocycles. The summed E-state index contributed by atoms with van der Waals surface area (Å²) in [6.45, 7) is 1.97. The van der Waals surface area contributed by atoms with E-state index < -0.39 is 12.1 Å². The molecule has 1 N–H and O–H groups in total. The number of benzene rings is 1. The number of methoxy groups -OCH3 is 1. The molecule has 2 rings (SSSR count). The Labute approximate surface area is 123 Å². The number of hydrogen-bond acceptors (Lipinski definition) is 2. The Hall–Kier alpha value is -1.23. The molecule has 0 heterocycles. The maximum Gasteiger partial charge on any atom is 0.391 e. The molecule has 0 radical (unpaired) electrons. The predicted octanol–water partition coefficient (Wildman–Crippen LogP) is 4.47. The molecule has 0 bridgehead atoms. The largest absolute Gasteiger partial charge is 0.496 e. The molecule has 3 unspecified atom stereocenters. The van der Waals surface area contributed by atoms with Crippen molar-refractivity contribution in [1.29, 1.82) is 0 Å². The first-order valence-corrected chi connectivity index (χ1v) is 7.37. The summed E-state index contributed by atoms with van der Waals surface area (Å²) in [7, 11) is 1.60. The standard InChI is InChI=1S/C16H22F3NO/c1-11(14-8-3-4-9-15(14)21-2)20-13-7-5-6-12(10-13)16(17,18)19/h3-4,8-9,11-13,20H,5-7,10H2,1-2H3. The zero-order valence-electron chi connectivity index (χ0n) is 12.4. The van der Waals surface area contributed by atoms with Crippen molar-refractivity contribution in [2.75, 3.05) is 7.11 Å². The van der Waals surface area contributed by atoms with Gasteiger partial charge in [-0.25, -0.2) is 0 Å². The van der Waals surface area contributed by atoms with Crippen LogP contribution < -0.4 is 10.1 Å². The molecule has 1 saturated carbocycles. The van der Waals surface area contributed by atoms with Crippen LogP contribution in [0.25, 0.3) is 0 Å². The number of ether oxygens (including phenoxy) is 1. The number of alkyl halides is 3. The lowest BCUT2D eigenvalue weighted by molar-refractivity contribution is -0.183. The molecule has 1 aliphatic rings. The molecule has 5 heteroatoms. The summed E-state index contributed by atoms with van der Waals surface area (Å²) in [6.07, 6.45) is -2.23. The number of para-hydroxylation sites is 1. The van der Waals surface area contributed by atoms with Crippen molar-refractivity contribution in [2.45, 2.75) is 50.9 Å². The van der Waals surface area contributed by atoms with Gasteiger partial charge in [-0.15, -0.1) is 0 Å². The summed E-state index contributed by atoms with van der Waals surface area (Å²) in [5, 5.41) is 3.33. The van der Waals surface area contributed by atoms with E-state index in [2.05, 4.69) is 5.32 Å². The van der Waals surface area contributed by atoms with Gasteiger partial charge in [-0.3, -0.25) is 0 Å². The van der Waals surface area contributed by atoms with Crippen molar-refractivity contribution in [3.63, 3.8) is 0 Å². The van der Waals surface area contributed by atoms with Crippen LogP contribution in [0.1, 0.15) is 44.2 Å². The van der Waals surface area contributed by atoms with E-state index in [1.54, 1.807) is 7.11 Å². The molecule has 1 aliphatic carbocycles. The minimum Gasteiger partial charge on any atom is -0.496 e. The zero-order valence-corrected chi connectivity index (χ0v) is 12.4. The van der Waals surface area contributed by atoms with Gasteiger partial charge < -0.3 is 10.1 Å². The molecule has 3 atom stereocenters. The summed E-state index contributed by atoms with van der Waals surface area (Å²) in [6, 6.07) is 7.49. The second-order valence-corrected chi connectivity index (χ2v) is 5.73. The Kier molecular flexibility index (Phi) is 5.14. The molecule has 118 valence electrons. The van der Waals surface area contributed by atoms with Crippen molar-refractivity contribution in [3.05, 3.63) is 29.8 Å². The third-order valence-corrected chi connectivity index (χ3v) is 4.23. The maximum atomic E-state index is 12.8. The van der Waals surface area contributed by atoms with Crippen LogP contribution in [0.2, 0.25) is 0 Å². The average Bonchev–Trinajstić information content (AvgIpc) is 2.46. The first kappa shape index (κ1) is 16.1. The highest BCUT2D eigenvalue weighted by molar-refractivity contribution is 5.35. The molecule has 21 heavy (non-hydrogen) atoms. The van der Waals surface area contributed by atoms with Crippen molar-refractivity contribution < 1.29 is 17.9 Å². The van der Waals surface area contributed by atoms with E-state index in [0.29, 0.717) is 6.42 Å². The SMILES string of the molecule is COc1ccccc1C(C)NC1CCCC(C(F)(F)F)C1. The van der Waals surface area contributed by atoms with E-state index >= 15 is 0 Å². The number of halogens is 3. The number of hydrogen-bond donors (Lipinski definition) is 1. The smallest absolute Gasteiger partial charge is 0.391 e. The molecular weight excluding hydrogens is 279 g/mol. The van der Waals surface area contributed by atoms with Gasteiger partial charge >= 0.3 is 6.18 Å². The Bertz CT molecular complexity index is 461. The maximum absolute atomic E-state index is 12.8. The lowest BCUT2D eigenvalue weighted by Crippen LogP contribution is -2.39. The highest BCUT2D eigenvalue weighted by Crippen LogP contribution is 2.38. The monoisotopic (exact) mass is 301 g/mol. The Morgan fingerprint density at radius 2 is 1.95 bits per heavy atom. The molecular formula is C16H22F3NO. The second-order valence-electron chi connectivity index (χ2n) is 5.73. The number of nitrogens with one attached hydrogen (secondary N) is 1. The van der Waals surface area contributed by atoms with E-state index in [-0.39, 0.29) is 24.9 Å². The van der Waals surface area contributed by atoms with Crippen LogP contribution in [0, 0.1) is 5.92 Å². The summed E-state index contributed by atoms with van der Waals surface area (Å²) in [5.74, 6) is -0.408. The normalized spacial score (nSPS) is 24.6. The fourth-order valence-corrected chi connectivity index (χ4v) is 3.11. The van der Waals surface area contributed by atoms with Crippen molar-refractivity contribution in [2.24, 2.45) is 5.92 Å². The van der Waals surface area contributed by atoms with Crippen LogP contribution >= 0.6 is 0 Å². The van der Waals surface area contributed by atoms with Crippen LogP contribution in [0.3, 0.4) is 0 Å². The van der Waals surface area contributed by atoms with Gasteiger partial charge in [-0.2, -0.15) is 13.2 Å². The highest BCUT2D eigenvalue weighted by atomic mass is 19.4. The summed E-state index contributed by atoms with van der Waals surface area (Å²) in [4.78, 5) is 0. The topological polar surface area (TPSA) is 21.3 Å². The van der Waals surface area contributed by atoms with Crippen LogP contribution in [-0.2, 0) is 0 Å². The van der Waals surface area contributed by atoms with Gasteiger partial charge in [-0.1, -0.05) is 24.6 Å². The van der Waals surface area contributed by atoms with Gasteiger partial charge in [0.05, 0.1) is 13.0 Å². The quantitative estimate of drug-likeness (QED) is 0.886. The van der Waals surface area contributed by atoms with Crippen LogP contribution in [-0.4, -0.2) is 19.3 Å². The van der Waals surface area contributed by atoms with Crippen molar-refractivity contribution in [3.8, 4) is 5.75 Å². The van der Waals surface area contributed by atoms with Crippen molar-refractivity contribution >= 4 is 0 Å². The van der Waals surface area contributed by atoms with E-state index in [1.807, 2.05) is 31.2 Å². The van der Waals surface area contributed by atoms with Gasteiger partial charge in [0.2, 0.25) is 0 Å². The van der Waals surface area contributed by atoms with E-state index in [0.717, 1.165) is 17.7 Å². The van der Waals surface area contributed by atoms with Gasteiger partial charge in [0.1, 0.15) is 5.75 Å². The van der Waals surface area contributed by atoms with Gasteiger partial charge in [0.15, 0.2) is 0 Å². The third kappa shape index (κ3) is 4.13. The predicted molar refractivity (Wildman–Crippen MR) is 76.3 cm³/mol. The lowest BCUT2D eigenvalue weighted by atomic mass is 9.84. The fourth-order valence-electron chi connectivity index (χ4n) is 3.11. The molecule has 1 aromatic carbocycles. The molecule has 2 nitrogen and oxygen atoms in total. The summed E-state index contributed by atoms with van der Waals surface area (Å²) < 4.78 is 43.8. The minimum absolute atomic E-state index is 0.0295. The third-order valence-electron chi connectivity index (χ3n) is 4.23. The van der Waals surface area contributed by atoms with Crippen LogP contribution in [0.5, 0.6) is 5.75 Å². The molecule has 0 spiro atoms. The first-order chi connectivity index (χ1) is 9.91. The highest BCUT2D eigenvalue weighted by Gasteiger charge is 2.42. The Balaban J connectivity index is 2.00. The van der Waals surface area contributed by atoms with Crippen molar-refractivity contribution in [1.82, 2.24) is 5.32 Å². The van der Waals surface area contributed by atoms with E-state index in [4.69, 9.17) is 4.74 Å². The van der Waals surface area contributed by atoms with Crippen LogP contribution in [0.4, 0.5) is 13.2 Å². The lowest BCUT2D eigenvalue weighted by Gasteiger charge is -2.33. The van der Waals surface area contributed by atoms with Gasteiger partial charge in [-0.05, 0) is 32.3 Å². The van der Waals surface area contributed by atoms with E-state index in [1.165, 1.54) is 0 Å². The molecule has 1 fully saturated rings. The zero-order chi connectivity index (χ0) is 15.5. The van der Waals surface area contributed by atoms with E-state index in [9.17, 15) is 13.2 Å². The molecule has 0 amide bonds. The average molecular weight is 301 g/mol. The Morgan fingerprint density at radius 1 is 1.24 bits per heavy atom. The molecule has 0 aromatic heterocycles. The Morgan fingerprint density at radius 3 is 2.62 bits per heavy atom. The minimum atomic E-state index is -4.08. The number of rotatable bonds is 4.